The number of carbonyl (C=O) groups excluding carboxylic acids is 3. The summed E-state index contributed by atoms with van der Waals surface area (Å²) in [5.74, 6) is -1.83. The SMILES string of the molecule is CNC(=O)c1cccc(NC(=O)COC(=O)c2cc([N+](=O)[O-])ccc2NC)c1. The molecule has 0 heterocycles. The largest absolute Gasteiger partial charge is 0.452 e. The molecule has 0 aliphatic heterocycles. The second-order valence-electron chi connectivity index (χ2n) is 5.52. The smallest absolute Gasteiger partial charge is 0.341 e. The molecule has 146 valence electrons. The maximum absolute atomic E-state index is 12.2. The van der Waals surface area contributed by atoms with Crippen LogP contribution in [0.15, 0.2) is 42.5 Å². The number of nitro benzene ring substituents is 1. The van der Waals surface area contributed by atoms with Gasteiger partial charge in [-0.25, -0.2) is 4.79 Å². The minimum absolute atomic E-state index is 0.0638. The Morgan fingerprint density at radius 2 is 1.86 bits per heavy atom. The van der Waals surface area contributed by atoms with Crippen LogP contribution >= 0.6 is 0 Å². The van der Waals surface area contributed by atoms with Gasteiger partial charge in [0, 0.05) is 43.2 Å². The fraction of sp³-hybridized carbons (Fsp3) is 0.167. The molecule has 0 saturated heterocycles. The van der Waals surface area contributed by atoms with Gasteiger partial charge in [0.25, 0.3) is 17.5 Å². The maximum atomic E-state index is 12.2. The summed E-state index contributed by atoms with van der Waals surface area (Å²) in [6.45, 7) is -0.602. The monoisotopic (exact) mass is 386 g/mol. The summed E-state index contributed by atoms with van der Waals surface area (Å²) in [7, 11) is 3.03. The number of anilines is 2. The highest BCUT2D eigenvalue weighted by molar-refractivity contribution is 6.00. The molecule has 10 nitrogen and oxygen atoms in total. The second kappa shape index (κ2) is 9.12. The van der Waals surface area contributed by atoms with Crippen LogP contribution in [-0.2, 0) is 9.53 Å². The number of nitro groups is 1. The van der Waals surface area contributed by atoms with Crippen LogP contribution in [0.1, 0.15) is 20.7 Å². The quantitative estimate of drug-likeness (QED) is 0.374. The number of rotatable bonds is 7. The number of nitrogens with one attached hydrogen (secondary N) is 3. The highest BCUT2D eigenvalue weighted by Gasteiger charge is 2.18. The predicted molar refractivity (Wildman–Crippen MR) is 101 cm³/mol. The first kappa shape index (κ1) is 20.4. The Bertz CT molecular complexity index is 928. The normalized spacial score (nSPS) is 9.93. The van der Waals surface area contributed by atoms with Crippen molar-refractivity contribution in [3.8, 4) is 0 Å². The van der Waals surface area contributed by atoms with Crippen molar-refractivity contribution in [1.29, 1.82) is 0 Å². The number of ether oxygens (including phenoxy) is 1. The Morgan fingerprint density at radius 3 is 2.50 bits per heavy atom. The fourth-order valence-corrected chi connectivity index (χ4v) is 2.32. The van der Waals surface area contributed by atoms with Crippen molar-refractivity contribution in [2.45, 2.75) is 0 Å². The molecule has 10 heteroatoms. The van der Waals surface area contributed by atoms with Gasteiger partial charge in [0.15, 0.2) is 6.61 Å². The van der Waals surface area contributed by atoms with E-state index in [1.54, 1.807) is 25.2 Å². The molecule has 2 aromatic carbocycles. The van der Waals surface area contributed by atoms with Crippen LogP contribution in [0.5, 0.6) is 0 Å². The molecule has 0 aromatic heterocycles. The summed E-state index contributed by atoms with van der Waals surface area (Å²) in [6.07, 6.45) is 0. The van der Waals surface area contributed by atoms with Crippen LogP contribution in [0.25, 0.3) is 0 Å². The molecule has 2 amide bonds. The van der Waals surface area contributed by atoms with Gasteiger partial charge < -0.3 is 20.7 Å². The van der Waals surface area contributed by atoms with Gasteiger partial charge >= 0.3 is 5.97 Å². The Balaban J connectivity index is 2.03. The van der Waals surface area contributed by atoms with E-state index >= 15 is 0 Å². The average molecular weight is 386 g/mol. The molecule has 0 spiro atoms. The minimum Gasteiger partial charge on any atom is -0.452 e. The summed E-state index contributed by atoms with van der Waals surface area (Å²) in [4.78, 5) is 46.1. The lowest BCUT2D eigenvalue weighted by Crippen LogP contribution is -2.22. The highest BCUT2D eigenvalue weighted by atomic mass is 16.6. The van der Waals surface area contributed by atoms with Crippen molar-refractivity contribution >= 4 is 34.8 Å². The molecule has 0 saturated carbocycles. The molecule has 28 heavy (non-hydrogen) atoms. The van der Waals surface area contributed by atoms with Gasteiger partial charge in [0.2, 0.25) is 0 Å². The van der Waals surface area contributed by atoms with E-state index in [2.05, 4.69) is 16.0 Å². The van der Waals surface area contributed by atoms with E-state index in [0.29, 0.717) is 16.9 Å². The van der Waals surface area contributed by atoms with Crippen molar-refractivity contribution in [2.75, 3.05) is 31.3 Å². The Kier molecular flexibility index (Phi) is 6.63. The van der Waals surface area contributed by atoms with E-state index in [9.17, 15) is 24.5 Å². The molecular formula is C18H18N4O6. The zero-order chi connectivity index (χ0) is 20.7. The van der Waals surface area contributed by atoms with Gasteiger partial charge in [0.05, 0.1) is 10.5 Å². The van der Waals surface area contributed by atoms with Gasteiger partial charge in [-0.1, -0.05) is 6.07 Å². The van der Waals surface area contributed by atoms with E-state index in [0.717, 1.165) is 6.07 Å². The summed E-state index contributed by atoms with van der Waals surface area (Å²) in [6, 6.07) is 9.90. The molecule has 0 radical (unpaired) electrons. The highest BCUT2D eigenvalue weighted by Crippen LogP contribution is 2.22. The first-order valence-electron chi connectivity index (χ1n) is 8.11. The molecule has 2 aromatic rings. The number of carbonyl (C=O) groups is 3. The number of non-ortho nitro benzene ring substituents is 1. The number of amides is 2. The number of hydrogen-bond acceptors (Lipinski definition) is 7. The molecule has 0 fully saturated rings. The zero-order valence-electron chi connectivity index (χ0n) is 15.1. The van der Waals surface area contributed by atoms with Crippen molar-refractivity contribution in [2.24, 2.45) is 0 Å². The summed E-state index contributed by atoms with van der Waals surface area (Å²) < 4.78 is 4.95. The third-order valence-corrected chi connectivity index (χ3v) is 3.67. The second-order valence-corrected chi connectivity index (χ2v) is 5.52. The molecule has 0 aliphatic carbocycles. The first-order valence-corrected chi connectivity index (χ1v) is 8.11. The minimum atomic E-state index is -0.887. The van der Waals surface area contributed by atoms with Crippen LogP contribution in [0.4, 0.5) is 17.1 Å². The van der Waals surface area contributed by atoms with Gasteiger partial charge in [0.1, 0.15) is 0 Å². The summed E-state index contributed by atoms with van der Waals surface area (Å²) in [5.41, 5.74) is 0.697. The number of nitrogens with zero attached hydrogens (tertiary/aromatic N) is 1. The lowest BCUT2D eigenvalue weighted by molar-refractivity contribution is -0.384. The summed E-state index contributed by atoms with van der Waals surface area (Å²) in [5, 5.41) is 18.6. The molecule has 0 bridgehead atoms. The van der Waals surface area contributed by atoms with Crippen LogP contribution in [-0.4, -0.2) is 43.4 Å². The Labute approximate surface area is 160 Å². The van der Waals surface area contributed by atoms with Gasteiger partial charge in [-0.3, -0.25) is 19.7 Å². The van der Waals surface area contributed by atoms with Crippen molar-refractivity contribution in [1.82, 2.24) is 5.32 Å². The van der Waals surface area contributed by atoms with Crippen molar-refractivity contribution in [3.05, 3.63) is 63.7 Å². The van der Waals surface area contributed by atoms with Crippen LogP contribution < -0.4 is 16.0 Å². The third kappa shape index (κ3) is 5.04. The standard InChI is InChI=1S/C18H18N4O6/c1-19-15-7-6-13(22(26)27)9-14(15)18(25)28-10-16(23)21-12-5-3-4-11(8-12)17(24)20-2/h3-9,19H,10H2,1-2H3,(H,20,24)(H,21,23). The molecule has 2 rings (SSSR count). The van der Waals surface area contributed by atoms with Gasteiger partial charge in [-0.05, 0) is 24.3 Å². The lowest BCUT2D eigenvalue weighted by atomic mass is 10.1. The zero-order valence-corrected chi connectivity index (χ0v) is 15.1. The number of hydrogen-bond donors (Lipinski definition) is 3. The average Bonchev–Trinajstić information content (AvgIpc) is 2.70. The molecule has 3 N–H and O–H groups in total. The third-order valence-electron chi connectivity index (χ3n) is 3.67. The molecule has 0 atom stereocenters. The van der Waals surface area contributed by atoms with Gasteiger partial charge in [-0.2, -0.15) is 0 Å². The number of benzene rings is 2. The van der Waals surface area contributed by atoms with Crippen LogP contribution in [0.3, 0.4) is 0 Å². The van der Waals surface area contributed by atoms with E-state index in [-0.39, 0.29) is 17.2 Å². The van der Waals surface area contributed by atoms with E-state index in [1.165, 1.54) is 25.2 Å². The predicted octanol–water partition coefficient (Wildman–Crippen LogP) is 1.79. The van der Waals surface area contributed by atoms with E-state index < -0.39 is 23.4 Å². The van der Waals surface area contributed by atoms with E-state index in [4.69, 9.17) is 4.74 Å². The van der Waals surface area contributed by atoms with Crippen LogP contribution in [0, 0.1) is 10.1 Å². The topological polar surface area (TPSA) is 140 Å². The lowest BCUT2D eigenvalue weighted by Gasteiger charge is -2.10. The Hall–Kier alpha value is -3.95. The molecule has 0 aliphatic rings. The first-order chi connectivity index (χ1) is 13.3. The number of esters is 1. The molecule has 0 unspecified atom stereocenters. The fourth-order valence-electron chi connectivity index (χ4n) is 2.32. The Morgan fingerprint density at radius 1 is 1.11 bits per heavy atom. The van der Waals surface area contributed by atoms with Gasteiger partial charge in [-0.15, -0.1) is 0 Å². The van der Waals surface area contributed by atoms with E-state index in [1.807, 2.05) is 0 Å². The maximum Gasteiger partial charge on any atom is 0.341 e. The summed E-state index contributed by atoms with van der Waals surface area (Å²) >= 11 is 0. The van der Waals surface area contributed by atoms with Crippen molar-refractivity contribution < 1.29 is 24.0 Å². The molecular weight excluding hydrogens is 368 g/mol. The van der Waals surface area contributed by atoms with Crippen LogP contribution in [0.2, 0.25) is 0 Å². The van der Waals surface area contributed by atoms with Crippen molar-refractivity contribution in [3.63, 3.8) is 0 Å².